The van der Waals surface area contributed by atoms with Crippen molar-refractivity contribution in [1.29, 1.82) is 0 Å². The van der Waals surface area contributed by atoms with Crippen LogP contribution in [0.25, 0.3) is 0 Å². The molecular weight excluding hydrogens is 174 g/mol. The molecule has 4 heteroatoms. The third-order valence-electron chi connectivity index (χ3n) is 2.49. The lowest BCUT2D eigenvalue weighted by molar-refractivity contribution is 0.576. The molecule has 70 valence electrons. The maximum atomic E-state index is 13.2. The molecule has 0 aromatic heterocycles. The van der Waals surface area contributed by atoms with Gasteiger partial charge in [0.25, 0.3) is 0 Å². The summed E-state index contributed by atoms with van der Waals surface area (Å²) in [4.78, 5) is 0. The van der Waals surface area contributed by atoms with E-state index in [-0.39, 0.29) is 11.7 Å². The first kappa shape index (κ1) is 8.44. The minimum absolute atomic E-state index is 0.00130. The minimum Gasteiger partial charge on any atom is -0.396 e. The van der Waals surface area contributed by atoms with Crippen molar-refractivity contribution in [2.45, 2.75) is 18.9 Å². The molecule has 1 aromatic rings. The number of halogens is 2. The van der Waals surface area contributed by atoms with E-state index in [1.165, 1.54) is 0 Å². The molecule has 1 atom stereocenters. The fourth-order valence-electron chi connectivity index (χ4n) is 1.82. The van der Waals surface area contributed by atoms with Crippen molar-refractivity contribution in [1.82, 2.24) is 0 Å². The first-order valence-electron chi connectivity index (χ1n) is 4.13. The summed E-state index contributed by atoms with van der Waals surface area (Å²) < 4.78 is 26.1. The molecule has 0 bridgehead atoms. The first-order chi connectivity index (χ1) is 6.11. The van der Waals surface area contributed by atoms with Gasteiger partial charge < -0.3 is 11.5 Å². The molecule has 0 saturated carbocycles. The summed E-state index contributed by atoms with van der Waals surface area (Å²) in [7, 11) is 0. The molecule has 4 N–H and O–H groups in total. The Balaban J connectivity index is 2.70. The number of nitrogens with two attached hydrogens (primary N) is 2. The Labute approximate surface area is 74.5 Å². The van der Waals surface area contributed by atoms with Gasteiger partial charge in [0.05, 0.1) is 5.69 Å². The van der Waals surface area contributed by atoms with E-state index in [9.17, 15) is 8.78 Å². The predicted molar refractivity (Wildman–Crippen MR) is 46.0 cm³/mol. The normalized spacial score (nSPS) is 20.4. The highest BCUT2D eigenvalue weighted by atomic mass is 19.1. The molecule has 0 heterocycles. The van der Waals surface area contributed by atoms with Crippen LogP contribution in [0.4, 0.5) is 14.5 Å². The number of benzene rings is 1. The van der Waals surface area contributed by atoms with Crippen LogP contribution in [0, 0.1) is 11.6 Å². The molecule has 0 fully saturated rings. The predicted octanol–water partition coefficient (Wildman–Crippen LogP) is 1.49. The molecule has 2 nitrogen and oxygen atoms in total. The molecule has 1 aromatic carbocycles. The van der Waals surface area contributed by atoms with Gasteiger partial charge >= 0.3 is 0 Å². The SMILES string of the molecule is Nc1c(F)cc(F)c2c1C(N)CC2. The topological polar surface area (TPSA) is 52.0 Å². The summed E-state index contributed by atoms with van der Waals surface area (Å²) in [5, 5.41) is 0. The van der Waals surface area contributed by atoms with Gasteiger partial charge in [0.15, 0.2) is 0 Å². The molecule has 0 saturated heterocycles. The molecule has 0 radical (unpaired) electrons. The quantitative estimate of drug-likeness (QED) is 0.600. The van der Waals surface area contributed by atoms with E-state index in [0.29, 0.717) is 24.0 Å². The van der Waals surface area contributed by atoms with Crippen molar-refractivity contribution < 1.29 is 8.78 Å². The van der Waals surface area contributed by atoms with E-state index >= 15 is 0 Å². The zero-order valence-corrected chi connectivity index (χ0v) is 6.98. The van der Waals surface area contributed by atoms with Crippen molar-refractivity contribution in [3.8, 4) is 0 Å². The highest BCUT2D eigenvalue weighted by Crippen LogP contribution is 2.36. The Hall–Kier alpha value is -1.16. The third-order valence-corrected chi connectivity index (χ3v) is 2.49. The van der Waals surface area contributed by atoms with Crippen molar-refractivity contribution in [2.24, 2.45) is 5.73 Å². The van der Waals surface area contributed by atoms with Crippen LogP contribution in [0.1, 0.15) is 23.6 Å². The average Bonchev–Trinajstić information content (AvgIpc) is 2.44. The van der Waals surface area contributed by atoms with Gasteiger partial charge in [0.2, 0.25) is 0 Å². The van der Waals surface area contributed by atoms with Gasteiger partial charge in [-0.1, -0.05) is 0 Å². The smallest absolute Gasteiger partial charge is 0.149 e. The van der Waals surface area contributed by atoms with Gasteiger partial charge in [-0.05, 0) is 18.4 Å². The maximum absolute atomic E-state index is 13.2. The number of rotatable bonds is 0. The van der Waals surface area contributed by atoms with Crippen molar-refractivity contribution >= 4 is 5.69 Å². The third kappa shape index (κ3) is 1.09. The number of anilines is 1. The van der Waals surface area contributed by atoms with Crippen LogP contribution in [-0.4, -0.2) is 0 Å². The summed E-state index contributed by atoms with van der Waals surface area (Å²) in [6.45, 7) is 0. The van der Waals surface area contributed by atoms with E-state index in [4.69, 9.17) is 11.5 Å². The number of nitrogen functional groups attached to an aromatic ring is 1. The maximum Gasteiger partial charge on any atom is 0.149 e. The van der Waals surface area contributed by atoms with E-state index in [1.807, 2.05) is 0 Å². The minimum atomic E-state index is -0.714. The Morgan fingerprint density at radius 2 is 2.00 bits per heavy atom. The lowest BCUT2D eigenvalue weighted by Gasteiger charge is -2.09. The molecule has 13 heavy (non-hydrogen) atoms. The van der Waals surface area contributed by atoms with Crippen molar-refractivity contribution in [3.05, 3.63) is 28.8 Å². The molecule has 0 aliphatic heterocycles. The second kappa shape index (κ2) is 2.67. The summed E-state index contributed by atoms with van der Waals surface area (Å²) in [6.07, 6.45) is 1.19. The van der Waals surface area contributed by atoms with E-state index in [0.717, 1.165) is 6.07 Å². The monoisotopic (exact) mass is 184 g/mol. The van der Waals surface area contributed by atoms with Crippen LogP contribution in [0.2, 0.25) is 0 Å². The van der Waals surface area contributed by atoms with Gasteiger partial charge in [-0.15, -0.1) is 0 Å². The second-order valence-electron chi connectivity index (χ2n) is 3.29. The zero-order chi connectivity index (χ0) is 9.59. The fourth-order valence-corrected chi connectivity index (χ4v) is 1.82. The van der Waals surface area contributed by atoms with Crippen LogP contribution in [0.15, 0.2) is 6.07 Å². The van der Waals surface area contributed by atoms with Gasteiger partial charge in [0, 0.05) is 17.7 Å². The van der Waals surface area contributed by atoms with Gasteiger partial charge in [-0.3, -0.25) is 0 Å². The lowest BCUT2D eigenvalue weighted by atomic mass is 10.1. The summed E-state index contributed by atoms with van der Waals surface area (Å²) in [6, 6.07) is 0.506. The van der Waals surface area contributed by atoms with Gasteiger partial charge in [0.1, 0.15) is 11.6 Å². The molecule has 0 spiro atoms. The van der Waals surface area contributed by atoms with E-state index < -0.39 is 11.6 Å². The number of hydrogen-bond acceptors (Lipinski definition) is 2. The van der Waals surface area contributed by atoms with Crippen LogP contribution in [-0.2, 0) is 6.42 Å². The summed E-state index contributed by atoms with van der Waals surface area (Å²) in [5.74, 6) is -1.25. The Morgan fingerprint density at radius 1 is 1.31 bits per heavy atom. The van der Waals surface area contributed by atoms with Crippen LogP contribution >= 0.6 is 0 Å². The van der Waals surface area contributed by atoms with E-state index in [1.54, 1.807) is 0 Å². The Morgan fingerprint density at radius 3 is 2.69 bits per heavy atom. The van der Waals surface area contributed by atoms with E-state index in [2.05, 4.69) is 0 Å². The fraction of sp³-hybridized carbons (Fsp3) is 0.333. The van der Waals surface area contributed by atoms with Crippen LogP contribution < -0.4 is 11.5 Å². The second-order valence-corrected chi connectivity index (χ2v) is 3.29. The zero-order valence-electron chi connectivity index (χ0n) is 6.98. The Bertz CT molecular complexity index is 363. The Kier molecular flexibility index (Phi) is 1.73. The first-order valence-corrected chi connectivity index (χ1v) is 4.13. The molecule has 1 unspecified atom stereocenters. The van der Waals surface area contributed by atoms with Gasteiger partial charge in [-0.2, -0.15) is 0 Å². The standard InChI is InChI=1S/C9H10F2N2/c10-5-3-6(11)9(13)8-4(5)1-2-7(8)12/h3,7H,1-2,12-13H2. The number of fused-ring (bicyclic) bond motifs is 1. The van der Waals surface area contributed by atoms with Crippen LogP contribution in [0.3, 0.4) is 0 Å². The summed E-state index contributed by atoms with van der Waals surface area (Å²) in [5.41, 5.74) is 12.1. The molecule has 1 aliphatic carbocycles. The molecular formula is C9H10F2N2. The highest BCUT2D eigenvalue weighted by Gasteiger charge is 2.26. The molecule has 0 amide bonds. The number of hydrogen-bond donors (Lipinski definition) is 2. The highest BCUT2D eigenvalue weighted by molar-refractivity contribution is 5.56. The van der Waals surface area contributed by atoms with Gasteiger partial charge in [-0.25, -0.2) is 8.78 Å². The van der Waals surface area contributed by atoms with Crippen molar-refractivity contribution in [3.63, 3.8) is 0 Å². The lowest BCUT2D eigenvalue weighted by Crippen LogP contribution is -2.10. The largest absolute Gasteiger partial charge is 0.396 e. The summed E-state index contributed by atoms with van der Waals surface area (Å²) >= 11 is 0. The molecule has 2 rings (SSSR count). The van der Waals surface area contributed by atoms with Crippen LogP contribution in [0.5, 0.6) is 0 Å². The molecule has 1 aliphatic rings. The van der Waals surface area contributed by atoms with Crippen molar-refractivity contribution in [2.75, 3.05) is 5.73 Å². The average molecular weight is 184 g/mol.